The molecule has 5 nitrogen and oxygen atoms in total. The SMILES string of the molecule is COCCOc1ccc(NC(=O)C(C)(N)c2ccc(Br)cc2)cc1.Cl. The summed E-state index contributed by atoms with van der Waals surface area (Å²) in [7, 11) is 1.62. The number of benzene rings is 2. The first-order valence-electron chi connectivity index (χ1n) is 7.51. The Morgan fingerprint density at radius 3 is 2.28 bits per heavy atom. The van der Waals surface area contributed by atoms with Crippen molar-refractivity contribution < 1.29 is 14.3 Å². The van der Waals surface area contributed by atoms with Gasteiger partial charge in [-0.25, -0.2) is 0 Å². The van der Waals surface area contributed by atoms with Crippen molar-refractivity contribution in [3.8, 4) is 5.75 Å². The van der Waals surface area contributed by atoms with Crippen LogP contribution in [-0.4, -0.2) is 26.2 Å². The maximum atomic E-state index is 12.5. The summed E-state index contributed by atoms with van der Waals surface area (Å²) in [4.78, 5) is 12.5. The van der Waals surface area contributed by atoms with Crippen molar-refractivity contribution in [2.24, 2.45) is 5.73 Å². The summed E-state index contributed by atoms with van der Waals surface area (Å²) in [6.07, 6.45) is 0. The molecule has 3 N–H and O–H groups in total. The van der Waals surface area contributed by atoms with Crippen molar-refractivity contribution in [2.45, 2.75) is 12.5 Å². The van der Waals surface area contributed by atoms with Crippen molar-refractivity contribution in [3.05, 3.63) is 58.6 Å². The summed E-state index contributed by atoms with van der Waals surface area (Å²) in [5.41, 5.74) is 6.49. The summed E-state index contributed by atoms with van der Waals surface area (Å²) in [6.45, 7) is 2.69. The number of hydrogen-bond donors (Lipinski definition) is 2. The monoisotopic (exact) mass is 428 g/mol. The lowest BCUT2D eigenvalue weighted by Gasteiger charge is -2.24. The molecule has 0 fully saturated rings. The highest BCUT2D eigenvalue weighted by atomic mass is 79.9. The number of anilines is 1. The predicted molar refractivity (Wildman–Crippen MR) is 105 cm³/mol. The first-order valence-corrected chi connectivity index (χ1v) is 8.31. The van der Waals surface area contributed by atoms with Crippen molar-refractivity contribution in [1.29, 1.82) is 0 Å². The van der Waals surface area contributed by atoms with E-state index in [1.165, 1.54) is 0 Å². The lowest BCUT2D eigenvalue weighted by molar-refractivity contribution is -0.120. The smallest absolute Gasteiger partial charge is 0.248 e. The number of amides is 1. The first-order chi connectivity index (χ1) is 11.4. The summed E-state index contributed by atoms with van der Waals surface area (Å²) >= 11 is 3.37. The molecule has 1 amide bonds. The minimum atomic E-state index is -1.13. The molecule has 1 unspecified atom stereocenters. The van der Waals surface area contributed by atoms with Gasteiger partial charge in [0.05, 0.1) is 6.61 Å². The minimum Gasteiger partial charge on any atom is -0.491 e. The largest absolute Gasteiger partial charge is 0.491 e. The highest BCUT2D eigenvalue weighted by molar-refractivity contribution is 9.10. The van der Waals surface area contributed by atoms with Crippen molar-refractivity contribution in [1.82, 2.24) is 0 Å². The fourth-order valence-electron chi connectivity index (χ4n) is 2.07. The van der Waals surface area contributed by atoms with Crippen LogP contribution in [0.5, 0.6) is 5.75 Å². The Morgan fingerprint density at radius 2 is 1.72 bits per heavy atom. The third-order valence-corrected chi connectivity index (χ3v) is 4.11. The number of methoxy groups -OCH3 is 1. The van der Waals surface area contributed by atoms with Gasteiger partial charge in [0.2, 0.25) is 5.91 Å². The van der Waals surface area contributed by atoms with E-state index in [0.717, 1.165) is 10.0 Å². The van der Waals surface area contributed by atoms with E-state index in [4.69, 9.17) is 15.2 Å². The van der Waals surface area contributed by atoms with Crippen LogP contribution in [0, 0.1) is 0 Å². The van der Waals surface area contributed by atoms with Crippen LogP contribution >= 0.6 is 28.3 Å². The van der Waals surface area contributed by atoms with Gasteiger partial charge in [0.15, 0.2) is 0 Å². The normalized spacial score (nSPS) is 12.6. The summed E-state index contributed by atoms with van der Waals surface area (Å²) in [6, 6.07) is 14.5. The Kier molecular flexibility index (Phi) is 8.38. The van der Waals surface area contributed by atoms with Gasteiger partial charge in [-0.1, -0.05) is 28.1 Å². The molecule has 2 rings (SSSR count). The molecule has 0 radical (unpaired) electrons. The van der Waals surface area contributed by atoms with Crippen LogP contribution in [0.3, 0.4) is 0 Å². The van der Waals surface area contributed by atoms with Gasteiger partial charge in [0, 0.05) is 17.3 Å². The Balaban J connectivity index is 0.00000312. The Hall–Kier alpha value is -1.60. The zero-order chi connectivity index (χ0) is 17.6. The molecule has 0 bridgehead atoms. The molecule has 136 valence electrons. The number of nitrogens with one attached hydrogen (secondary N) is 1. The van der Waals surface area contributed by atoms with E-state index in [9.17, 15) is 4.79 Å². The number of carbonyl (C=O) groups is 1. The fourth-order valence-corrected chi connectivity index (χ4v) is 2.33. The van der Waals surface area contributed by atoms with E-state index in [2.05, 4.69) is 21.2 Å². The maximum absolute atomic E-state index is 12.5. The van der Waals surface area contributed by atoms with Gasteiger partial charge in [-0.15, -0.1) is 12.4 Å². The van der Waals surface area contributed by atoms with Gasteiger partial charge in [-0.3, -0.25) is 4.79 Å². The minimum absolute atomic E-state index is 0. The van der Waals surface area contributed by atoms with Gasteiger partial charge in [0.1, 0.15) is 17.9 Å². The second-order valence-corrected chi connectivity index (χ2v) is 6.44. The highest BCUT2D eigenvalue weighted by Crippen LogP contribution is 2.23. The second kappa shape index (κ2) is 9.77. The zero-order valence-electron chi connectivity index (χ0n) is 14.1. The Labute approximate surface area is 162 Å². The van der Waals surface area contributed by atoms with Crippen LogP contribution < -0.4 is 15.8 Å². The number of nitrogens with two attached hydrogens (primary N) is 1. The van der Waals surface area contributed by atoms with Crippen molar-refractivity contribution in [2.75, 3.05) is 25.6 Å². The molecular formula is C18H22BrClN2O3. The molecule has 0 heterocycles. The highest BCUT2D eigenvalue weighted by Gasteiger charge is 2.30. The van der Waals surface area contributed by atoms with Crippen molar-refractivity contribution >= 4 is 39.9 Å². The van der Waals surface area contributed by atoms with Gasteiger partial charge in [-0.05, 0) is 48.9 Å². The van der Waals surface area contributed by atoms with E-state index in [1.807, 2.05) is 24.3 Å². The van der Waals surface area contributed by atoms with Gasteiger partial charge in [0.25, 0.3) is 0 Å². The summed E-state index contributed by atoms with van der Waals surface area (Å²) < 4.78 is 11.4. The number of ether oxygens (including phenoxy) is 2. The molecule has 1 atom stereocenters. The third kappa shape index (κ3) is 6.01. The summed E-state index contributed by atoms with van der Waals surface area (Å²) in [5, 5.41) is 2.83. The second-order valence-electron chi connectivity index (χ2n) is 5.53. The number of rotatable bonds is 7. The molecule has 0 saturated heterocycles. The van der Waals surface area contributed by atoms with Gasteiger partial charge in [-0.2, -0.15) is 0 Å². The maximum Gasteiger partial charge on any atom is 0.248 e. The average molecular weight is 430 g/mol. The molecule has 0 saturated carbocycles. The van der Waals surface area contributed by atoms with Gasteiger partial charge >= 0.3 is 0 Å². The molecule has 2 aromatic carbocycles. The fraction of sp³-hybridized carbons (Fsp3) is 0.278. The molecule has 0 aliphatic heterocycles. The predicted octanol–water partition coefficient (Wildman–Crippen LogP) is 3.71. The van der Waals surface area contributed by atoms with Gasteiger partial charge < -0.3 is 20.5 Å². The molecular weight excluding hydrogens is 408 g/mol. The number of carbonyl (C=O) groups excluding carboxylic acids is 1. The van der Waals surface area contributed by atoms with Crippen LogP contribution in [0.15, 0.2) is 53.0 Å². The lowest BCUT2D eigenvalue weighted by atomic mass is 9.92. The molecule has 0 aromatic heterocycles. The Morgan fingerprint density at radius 1 is 1.12 bits per heavy atom. The van der Waals surface area contributed by atoms with Crippen molar-refractivity contribution in [3.63, 3.8) is 0 Å². The van der Waals surface area contributed by atoms with Crippen LogP contribution in [-0.2, 0) is 15.1 Å². The molecule has 0 aliphatic rings. The van der Waals surface area contributed by atoms with E-state index in [-0.39, 0.29) is 18.3 Å². The lowest BCUT2D eigenvalue weighted by Crippen LogP contribution is -2.45. The van der Waals surface area contributed by atoms with Crippen LogP contribution in [0.4, 0.5) is 5.69 Å². The van der Waals surface area contributed by atoms with Crippen LogP contribution in [0.2, 0.25) is 0 Å². The third-order valence-electron chi connectivity index (χ3n) is 3.58. The molecule has 7 heteroatoms. The topological polar surface area (TPSA) is 73.6 Å². The zero-order valence-corrected chi connectivity index (χ0v) is 16.5. The molecule has 25 heavy (non-hydrogen) atoms. The summed E-state index contributed by atoms with van der Waals surface area (Å²) in [5.74, 6) is 0.436. The van der Waals surface area contributed by atoms with E-state index in [1.54, 1.807) is 38.3 Å². The van der Waals surface area contributed by atoms with E-state index < -0.39 is 5.54 Å². The molecule has 0 spiro atoms. The van der Waals surface area contributed by atoms with E-state index in [0.29, 0.717) is 24.7 Å². The average Bonchev–Trinajstić information content (AvgIpc) is 2.57. The first kappa shape index (κ1) is 21.4. The quantitative estimate of drug-likeness (QED) is 0.658. The number of hydrogen-bond acceptors (Lipinski definition) is 4. The Bertz CT molecular complexity index is 676. The standard InChI is InChI=1S/C18H21BrN2O3.ClH/c1-18(20,13-3-5-14(19)6-4-13)17(22)21-15-7-9-16(10-8-15)24-12-11-23-2;/h3-10H,11-12,20H2,1-2H3,(H,21,22);1H. The van der Waals surface area contributed by atoms with E-state index >= 15 is 0 Å². The molecule has 2 aromatic rings. The molecule has 0 aliphatic carbocycles. The van der Waals surface area contributed by atoms with Crippen LogP contribution in [0.25, 0.3) is 0 Å². The van der Waals surface area contributed by atoms with Crippen LogP contribution in [0.1, 0.15) is 12.5 Å². The number of halogens is 2.